The molecule has 1 unspecified atom stereocenters. The van der Waals surface area contributed by atoms with E-state index in [0.717, 1.165) is 11.4 Å². The zero-order chi connectivity index (χ0) is 16.1. The minimum absolute atomic E-state index is 0. The number of aryl methyl sites for hydroxylation is 1. The topological polar surface area (TPSA) is 59.0 Å². The van der Waals surface area contributed by atoms with E-state index in [9.17, 15) is 9.18 Å². The van der Waals surface area contributed by atoms with E-state index in [1.807, 2.05) is 13.8 Å². The standard InChI is InChI=1S/C16H21FN4O.2ClH/c1-11(9-18-3)16(22)20-10-13-4-5-15(14(17)8-13)21-7-6-19-12(21)2;;/h4-8,11,18H,9-10H2,1-3H3,(H,20,22);2*1H. The van der Waals surface area contributed by atoms with Crippen molar-refractivity contribution < 1.29 is 9.18 Å². The van der Waals surface area contributed by atoms with Gasteiger partial charge in [-0.25, -0.2) is 9.37 Å². The van der Waals surface area contributed by atoms with Crippen LogP contribution in [0.15, 0.2) is 30.6 Å². The van der Waals surface area contributed by atoms with Crippen molar-refractivity contribution in [3.8, 4) is 5.69 Å². The van der Waals surface area contributed by atoms with Gasteiger partial charge in [-0.05, 0) is 31.7 Å². The van der Waals surface area contributed by atoms with Crippen LogP contribution in [-0.2, 0) is 11.3 Å². The Labute approximate surface area is 153 Å². The van der Waals surface area contributed by atoms with Gasteiger partial charge in [0, 0.05) is 31.4 Å². The first-order valence-corrected chi connectivity index (χ1v) is 7.24. The fourth-order valence-corrected chi connectivity index (χ4v) is 2.25. The predicted molar refractivity (Wildman–Crippen MR) is 97.7 cm³/mol. The smallest absolute Gasteiger partial charge is 0.224 e. The molecule has 0 fully saturated rings. The average molecular weight is 377 g/mol. The number of benzene rings is 1. The van der Waals surface area contributed by atoms with Crippen LogP contribution in [0.25, 0.3) is 5.69 Å². The monoisotopic (exact) mass is 376 g/mol. The van der Waals surface area contributed by atoms with Gasteiger partial charge in [0.25, 0.3) is 0 Å². The molecule has 24 heavy (non-hydrogen) atoms. The van der Waals surface area contributed by atoms with Crippen molar-refractivity contribution in [3.63, 3.8) is 0 Å². The molecule has 1 atom stereocenters. The normalized spacial score (nSPS) is 11.2. The Kier molecular flexibility index (Phi) is 9.58. The number of hydrogen-bond acceptors (Lipinski definition) is 3. The van der Waals surface area contributed by atoms with Crippen LogP contribution < -0.4 is 10.6 Å². The summed E-state index contributed by atoms with van der Waals surface area (Å²) in [6.07, 6.45) is 3.35. The quantitative estimate of drug-likeness (QED) is 0.814. The third-order valence-electron chi connectivity index (χ3n) is 3.52. The molecule has 5 nitrogen and oxygen atoms in total. The number of nitrogens with zero attached hydrogens (tertiary/aromatic N) is 2. The lowest BCUT2D eigenvalue weighted by Crippen LogP contribution is -2.33. The van der Waals surface area contributed by atoms with E-state index in [-0.39, 0.29) is 42.5 Å². The molecule has 1 aromatic carbocycles. The maximum Gasteiger partial charge on any atom is 0.224 e. The summed E-state index contributed by atoms with van der Waals surface area (Å²) in [5.74, 6) is 0.212. The molecule has 2 rings (SSSR count). The highest BCUT2D eigenvalue weighted by molar-refractivity contribution is 5.85. The van der Waals surface area contributed by atoms with Gasteiger partial charge in [0.15, 0.2) is 0 Å². The molecule has 1 amide bonds. The molecule has 0 aliphatic carbocycles. The Balaban J connectivity index is 0.00000264. The summed E-state index contributed by atoms with van der Waals surface area (Å²) in [4.78, 5) is 15.9. The van der Waals surface area contributed by atoms with E-state index in [1.54, 1.807) is 36.1 Å². The van der Waals surface area contributed by atoms with Gasteiger partial charge in [-0.1, -0.05) is 13.0 Å². The first kappa shape index (κ1) is 22.4. The van der Waals surface area contributed by atoms with Crippen molar-refractivity contribution in [1.82, 2.24) is 20.2 Å². The molecule has 0 bridgehead atoms. The molecule has 0 spiro atoms. The maximum absolute atomic E-state index is 14.2. The highest BCUT2D eigenvalue weighted by Gasteiger charge is 2.12. The molecule has 1 aromatic heterocycles. The first-order chi connectivity index (χ1) is 10.5. The fourth-order valence-electron chi connectivity index (χ4n) is 2.25. The Morgan fingerprint density at radius 2 is 2.08 bits per heavy atom. The number of carbonyl (C=O) groups is 1. The lowest BCUT2D eigenvalue weighted by molar-refractivity contribution is -0.124. The molecule has 0 saturated heterocycles. The Bertz CT molecular complexity index is 663. The van der Waals surface area contributed by atoms with Gasteiger partial charge in [0.1, 0.15) is 11.6 Å². The van der Waals surface area contributed by atoms with Gasteiger partial charge in [0.05, 0.1) is 5.69 Å². The van der Waals surface area contributed by atoms with Crippen LogP contribution in [0.2, 0.25) is 0 Å². The lowest BCUT2D eigenvalue weighted by Gasteiger charge is -2.12. The van der Waals surface area contributed by atoms with Gasteiger partial charge in [-0.3, -0.25) is 4.79 Å². The molecular weight excluding hydrogens is 354 g/mol. The van der Waals surface area contributed by atoms with Crippen LogP contribution in [0.1, 0.15) is 18.3 Å². The summed E-state index contributed by atoms with van der Waals surface area (Å²) >= 11 is 0. The van der Waals surface area contributed by atoms with Crippen LogP contribution in [0.5, 0.6) is 0 Å². The van der Waals surface area contributed by atoms with Crippen molar-refractivity contribution in [3.05, 3.63) is 47.8 Å². The molecule has 8 heteroatoms. The number of amides is 1. The van der Waals surface area contributed by atoms with Crippen LogP contribution in [0.4, 0.5) is 4.39 Å². The number of carbonyl (C=O) groups excluding carboxylic acids is 1. The van der Waals surface area contributed by atoms with E-state index in [2.05, 4.69) is 15.6 Å². The molecule has 2 aromatic rings. The number of aromatic nitrogens is 2. The van der Waals surface area contributed by atoms with Crippen LogP contribution >= 0.6 is 24.8 Å². The molecule has 0 aliphatic rings. The Morgan fingerprint density at radius 3 is 2.62 bits per heavy atom. The third kappa shape index (κ3) is 5.47. The molecular formula is C16H23Cl2FN4O. The third-order valence-corrected chi connectivity index (χ3v) is 3.52. The van der Waals surface area contributed by atoms with Gasteiger partial charge in [-0.2, -0.15) is 0 Å². The summed E-state index contributed by atoms with van der Waals surface area (Å²) < 4.78 is 15.9. The van der Waals surface area contributed by atoms with E-state index in [0.29, 0.717) is 18.8 Å². The second kappa shape index (κ2) is 10.3. The van der Waals surface area contributed by atoms with Crippen molar-refractivity contribution in [2.24, 2.45) is 5.92 Å². The summed E-state index contributed by atoms with van der Waals surface area (Å²) in [5.41, 5.74) is 1.18. The molecule has 0 saturated carbocycles. The number of nitrogens with one attached hydrogen (secondary N) is 2. The summed E-state index contributed by atoms with van der Waals surface area (Å²) in [6.45, 7) is 4.58. The average Bonchev–Trinajstić information content (AvgIpc) is 2.91. The van der Waals surface area contributed by atoms with Crippen molar-refractivity contribution in [1.29, 1.82) is 0 Å². The summed E-state index contributed by atoms with van der Waals surface area (Å²) in [5, 5.41) is 5.77. The van der Waals surface area contributed by atoms with Crippen LogP contribution in [0.3, 0.4) is 0 Å². The second-order valence-corrected chi connectivity index (χ2v) is 5.31. The molecule has 2 N–H and O–H groups in total. The minimum atomic E-state index is -0.337. The highest BCUT2D eigenvalue weighted by atomic mass is 35.5. The summed E-state index contributed by atoms with van der Waals surface area (Å²) in [6, 6.07) is 4.95. The molecule has 0 radical (unpaired) electrons. The summed E-state index contributed by atoms with van der Waals surface area (Å²) in [7, 11) is 1.80. The second-order valence-electron chi connectivity index (χ2n) is 5.31. The van der Waals surface area contributed by atoms with E-state index in [1.165, 1.54) is 6.07 Å². The minimum Gasteiger partial charge on any atom is -0.352 e. The first-order valence-electron chi connectivity index (χ1n) is 7.24. The van der Waals surface area contributed by atoms with Crippen molar-refractivity contribution in [2.75, 3.05) is 13.6 Å². The van der Waals surface area contributed by atoms with Crippen molar-refractivity contribution >= 4 is 30.7 Å². The number of halogens is 3. The zero-order valence-corrected chi connectivity index (χ0v) is 15.5. The van der Waals surface area contributed by atoms with Gasteiger partial charge in [0.2, 0.25) is 5.91 Å². The fraction of sp³-hybridized carbons (Fsp3) is 0.375. The molecule has 0 aliphatic heterocycles. The molecule has 1 heterocycles. The SMILES string of the molecule is CNCC(C)C(=O)NCc1ccc(-n2ccnc2C)c(F)c1.Cl.Cl. The van der Waals surface area contributed by atoms with E-state index >= 15 is 0 Å². The Morgan fingerprint density at radius 1 is 1.38 bits per heavy atom. The van der Waals surface area contributed by atoms with Crippen LogP contribution in [-0.4, -0.2) is 29.1 Å². The highest BCUT2D eigenvalue weighted by Crippen LogP contribution is 2.16. The largest absolute Gasteiger partial charge is 0.352 e. The van der Waals surface area contributed by atoms with E-state index < -0.39 is 0 Å². The molecule has 134 valence electrons. The number of hydrogen-bond donors (Lipinski definition) is 2. The van der Waals surface area contributed by atoms with Gasteiger partial charge < -0.3 is 15.2 Å². The maximum atomic E-state index is 14.2. The lowest BCUT2D eigenvalue weighted by atomic mass is 10.1. The van der Waals surface area contributed by atoms with E-state index in [4.69, 9.17) is 0 Å². The Hall–Kier alpha value is -1.63. The van der Waals surface area contributed by atoms with Gasteiger partial charge >= 0.3 is 0 Å². The van der Waals surface area contributed by atoms with Crippen LogP contribution in [0, 0.1) is 18.7 Å². The number of imidazole rings is 1. The van der Waals surface area contributed by atoms with Crippen molar-refractivity contribution in [2.45, 2.75) is 20.4 Å². The predicted octanol–water partition coefficient (Wildman–Crippen LogP) is 2.64. The van der Waals surface area contributed by atoms with Gasteiger partial charge in [-0.15, -0.1) is 24.8 Å². The number of rotatable bonds is 6. The zero-order valence-electron chi connectivity index (χ0n) is 13.9.